The first-order valence-corrected chi connectivity index (χ1v) is 9.24. The lowest BCUT2D eigenvalue weighted by atomic mass is 9.81. The van der Waals surface area contributed by atoms with Crippen LogP contribution in [0.2, 0.25) is 0 Å². The molecule has 1 amide bonds. The van der Waals surface area contributed by atoms with Crippen LogP contribution in [0.1, 0.15) is 44.1 Å². The Morgan fingerprint density at radius 1 is 1.29 bits per heavy atom. The predicted octanol–water partition coefficient (Wildman–Crippen LogP) is 3.74. The number of benzene rings is 1. The Hall–Kier alpha value is -1.55. The van der Waals surface area contributed by atoms with Crippen LogP contribution in [0.3, 0.4) is 0 Å². The SMILES string of the molecule is COC(=O)N1CCCC1COC1CCC2(c3ccccc3)CC2C1. The highest BCUT2D eigenvalue weighted by atomic mass is 16.5. The third-order valence-electron chi connectivity index (χ3n) is 6.35. The maximum atomic E-state index is 11.8. The summed E-state index contributed by atoms with van der Waals surface area (Å²) >= 11 is 0. The van der Waals surface area contributed by atoms with Crippen molar-refractivity contribution in [1.82, 2.24) is 4.90 Å². The lowest BCUT2D eigenvalue weighted by molar-refractivity contribution is -0.00380. The summed E-state index contributed by atoms with van der Waals surface area (Å²) in [6.07, 6.45) is 7.07. The third kappa shape index (κ3) is 2.81. The summed E-state index contributed by atoms with van der Waals surface area (Å²) in [4.78, 5) is 13.6. The molecule has 1 saturated heterocycles. The number of ether oxygens (including phenoxy) is 2. The van der Waals surface area contributed by atoms with Crippen LogP contribution in [0.25, 0.3) is 0 Å². The number of fused-ring (bicyclic) bond motifs is 1. The Bertz CT molecular complexity index is 590. The largest absolute Gasteiger partial charge is 0.453 e. The highest BCUT2D eigenvalue weighted by molar-refractivity contribution is 5.68. The second-order valence-corrected chi connectivity index (χ2v) is 7.61. The van der Waals surface area contributed by atoms with Crippen LogP contribution in [0, 0.1) is 5.92 Å². The summed E-state index contributed by atoms with van der Waals surface area (Å²) in [5, 5.41) is 0. The molecule has 24 heavy (non-hydrogen) atoms. The Morgan fingerprint density at radius 3 is 2.88 bits per heavy atom. The van der Waals surface area contributed by atoms with Gasteiger partial charge in [-0.3, -0.25) is 0 Å². The first-order chi connectivity index (χ1) is 11.7. The molecule has 0 N–H and O–H groups in total. The van der Waals surface area contributed by atoms with Gasteiger partial charge < -0.3 is 14.4 Å². The number of likely N-dealkylation sites (tertiary alicyclic amines) is 1. The summed E-state index contributed by atoms with van der Waals surface area (Å²) < 4.78 is 11.1. The summed E-state index contributed by atoms with van der Waals surface area (Å²) in [6, 6.07) is 11.2. The normalized spacial score (nSPS) is 34.7. The van der Waals surface area contributed by atoms with Crippen LogP contribution in [0.5, 0.6) is 0 Å². The molecule has 2 aliphatic carbocycles. The van der Waals surface area contributed by atoms with Gasteiger partial charge in [-0.25, -0.2) is 4.79 Å². The number of methoxy groups -OCH3 is 1. The van der Waals surface area contributed by atoms with Crippen LogP contribution in [0.4, 0.5) is 4.79 Å². The molecule has 130 valence electrons. The fourth-order valence-corrected chi connectivity index (χ4v) is 4.88. The zero-order chi connectivity index (χ0) is 16.6. The fourth-order valence-electron chi connectivity index (χ4n) is 4.88. The average molecular weight is 329 g/mol. The second kappa shape index (κ2) is 6.40. The van der Waals surface area contributed by atoms with Gasteiger partial charge in [-0.15, -0.1) is 0 Å². The minimum absolute atomic E-state index is 0.192. The highest BCUT2D eigenvalue weighted by Gasteiger charge is 2.57. The molecular weight excluding hydrogens is 302 g/mol. The molecule has 3 aliphatic rings. The van der Waals surface area contributed by atoms with Crippen molar-refractivity contribution in [3.8, 4) is 0 Å². The van der Waals surface area contributed by atoms with E-state index >= 15 is 0 Å². The molecule has 0 radical (unpaired) electrons. The van der Waals surface area contributed by atoms with E-state index in [0.29, 0.717) is 18.1 Å². The molecule has 4 atom stereocenters. The zero-order valence-corrected chi connectivity index (χ0v) is 14.4. The van der Waals surface area contributed by atoms with Gasteiger partial charge in [0.2, 0.25) is 0 Å². The van der Waals surface area contributed by atoms with Crippen LogP contribution in [-0.2, 0) is 14.9 Å². The van der Waals surface area contributed by atoms with Gasteiger partial charge in [0.05, 0.1) is 25.9 Å². The molecule has 0 spiro atoms. The van der Waals surface area contributed by atoms with E-state index in [-0.39, 0.29) is 12.1 Å². The van der Waals surface area contributed by atoms with E-state index < -0.39 is 0 Å². The number of carbonyl (C=O) groups is 1. The number of carbonyl (C=O) groups excluding carboxylic acids is 1. The Morgan fingerprint density at radius 2 is 2.12 bits per heavy atom. The molecule has 1 aromatic carbocycles. The molecule has 4 rings (SSSR count). The van der Waals surface area contributed by atoms with E-state index in [9.17, 15) is 4.79 Å². The van der Waals surface area contributed by atoms with E-state index in [0.717, 1.165) is 31.7 Å². The Balaban J connectivity index is 1.29. The topological polar surface area (TPSA) is 38.8 Å². The van der Waals surface area contributed by atoms with Crippen LogP contribution in [0.15, 0.2) is 30.3 Å². The number of hydrogen-bond donors (Lipinski definition) is 0. The van der Waals surface area contributed by atoms with Crippen LogP contribution in [-0.4, -0.2) is 43.4 Å². The summed E-state index contributed by atoms with van der Waals surface area (Å²) in [7, 11) is 1.45. The van der Waals surface area contributed by atoms with Crippen molar-refractivity contribution in [1.29, 1.82) is 0 Å². The van der Waals surface area contributed by atoms with E-state index in [4.69, 9.17) is 9.47 Å². The predicted molar refractivity (Wildman–Crippen MR) is 92.0 cm³/mol. The first kappa shape index (κ1) is 15.9. The van der Waals surface area contributed by atoms with Crippen molar-refractivity contribution in [2.24, 2.45) is 5.92 Å². The maximum Gasteiger partial charge on any atom is 0.409 e. The van der Waals surface area contributed by atoms with Gasteiger partial charge in [-0.05, 0) is 55.4 Å². The van der Waals surface area contributed by atoms with Gasteiger partial charge >= 0.3 is 6.09 Å². The molecule has 1 heterocycles. The molecular formula is C20H27NO3. The first-order valence-electron chi connectivity index (χ1n) is 9.24. The highest BCUT2D eigenvalue weighted by Crippen LogP contribution is 2.62. The number of rotatable bonds is 4. The van der Waals surface area contributed by atoms with Crippen molar-refractivity contribution in [2.45, 2.75) is 56.1 Å². The van der Waals surface area contributed by atoms with Gasteiger partial charge in [0.25, 0.3) is 0 Å². The molecule has 4 heteroatoms. The van der Waals surface area contributed by atoms with Gasteiger partial charge in [0, 0.05) is 6.54 Å². The van der Waals surface area contributed by atoms with E-state index in [1.54, 1.807) is 0 Å². The summed E-state index contributed by atoms with van der Waals surface area (Å²) in [6.45, 7) is 1.45. The molecule has 0 bridgehead atoms. The minimum Gasteiger partial charge on any atom is -0.453 e. The molecule has 4 unspecified atom stereocenters. The Kier molecular flexibility index (Phi) is 4.25. The summed E-state index contributed by atoms with van der Waals surface area (Å²) in [5.41, 5.74) is 1.95. The van der Waals surface area contributed by atoms with Crippen molar-refractivity contribution in [2.75, 3.05) is 20.3 Å². The average Bonchev–Trinajstić information content (AvgIpc) is 3.19. The molecule has 1 aliphatic heterocycles. The fraction of sp³-hybridized carbons (Fsp3) is 0.650. The third-order valence-corrected chi connectivity index (χ3v) is 6.35. The van der Waals surface area contributed by atoms with Crippen LogP contribution >= 0.6 is 0 Å². The lowest BCUT2D eigenvalue weighted by Gasteiger charge is -2.31. The van der Waals surface area contributed by atoms with E-state index in [1.165, 1.54) is 31.9 Å². The zero-order valence-electron chi connectivity index (χ0n) is 14.4. The van der Waals surface area contributed by atoms with Crippen LogP contribution < -0.4 is 0 Å². The van der Waals surface area contributed by atoms with Crippen molar-refractivity contribution in [3.05, 3.63) is 35.9 Å². The van der Waals surface area contributed by atoms with Gasteiger partial charge in [-0.1, -0.05) is 30.3 Å². The van der Waals surface area contributed by atoms with E-state index in [1.807, 2.05) is 4.90 Å². The minimum atomic E-state index is -0.213. The Labute approximate surface area is 144 Å². The number of hydrogen-bond acceptors (Lipinski definition) is 3. The smallest absolute Gasteiger partial charge is 0.409 e. The van der Waals surface area contributed by atoms with Gasteiger partial charge in [0.1, 0.15) is 0 Å². The summed E-state index contributed by atoms with van der Waals surface area (Å²) in [5.74, 6) is 0.777. The monoisotopic (exact) mass is 329 g/mol. The quantitative estimate of drug-likeness (QED) is 0.844. The van der Waals surface area contributed by atoms with Gasteiger partial charge in [-0.2, -0.15) is 0 Å². The second-order valence-electron chi connectivity index (χ2n) is 7.61. The molecule has 2 saturated carbocycles. The van der Waals surface area contributed by atoms with Gasteiger partial charge in [0.15, 0.2) is 0 Å². The number of nitrogens with zero attached hydrogens (tertiary/aromatic N) is 1. The molecule has 1 aromatic rings. The van der Waals surface area contributed by atoms with Crippen molar-refractivity contribution in [3.63, 3.8) is 0 Å². The maximum absolute atomic E-state index is 11.8. The molecule has 0 aromatic heterocycles. The van der Waals surface area contributed by atoms with E-state index in [2.05, 4.69) is 30.3 Å². The lowest BCUT2D eigenvalue weighted by Crippen LogP contribution is -2.39. The standard InChI is InChI=1S/C20H27NO3/c1-23-19(22)21-11-5-8-17(21)14-24-18-9-10-20(13-16(20)12-18)15-6-3-2-4-7-15/h2-4,6-7,16-18H,5,8-14H2,1H3. The number of amides is 1. The molecule has 3 fully saturated rings. The molecule has 4 nitrogen and oxygen atoms in total. The van der Waals surface area contributed by atoms with Crippen molar-refractivity contribution < 1.29 is 14.3 Å². The van der Waals surface area contributed by atoms with Crippen molar-refractivity contribution >= 4 is 6.09 Å².